The minimum Gasteiger partial charge on any atom is -0.493 e. The van der Waals surface area contributed by atoms with Gasteiger partial charge in [-0.25, -0.2) is 13.1 Å². The number of hydrogen-bond acceptors (Lipinski definition) is 5. The molecule has 126 valence electrons. The molecule has 0 atom stereocenters. The highest BCUT2D eigenvalue weighted by atomic mass is 79.9. The van der Waals surface area contributed by atoms with Gasteiger partial charge in [0.2, 0.25) is 0 Å². The van der Waals surface area contributed by atoms with Gasteiger partial charge in [0.15, 0.2) is 11.5 Å². The van der Waals surface area contributed by atoms with E-state index in [1.807, 2.05) is 11.6 Å². The zero-order chi connectivity index (χ0) is 17.2. The summed E-state index contributed by atoms with van der Waals surface area (Å²) >= 11 is 3.18. The van der Waals surface area contributed by atoms with E-state index >= 15 is 0 Å². The number of carbonyl (C=O) groups is 1. The monoisotopic (exact) mass is 403 g/mol. The van der Waals surface area contributed by atoms with Crippen molar-refractivity contribution in [3.05, 3.63) is 28.3 Å². The molecule has 1 amide bonds. The van der Waals surface area contributed by atoms with Crippen LogP contribution in [0.15, 0.2) is 33.2 Å². The Morgan fingerprint density at radius 2 is 1.83 bits per heavy atom. The van der Waals surface area contributed by atoms with Gasteiger partial charge in [-0.1, -0.05) is 5.57 Å². The van der Waals surface area contributed by atoms with E-state index in [-0.39, 0.29) is 15.1 Å². The summed E-state index contributed by atoms with van der Waals surface area (Å²) in [5.74, 6) is 0.384. The number of halogens is 1. The molecule has 2 rings (SSSR count). The highest BCUT2D eigenvalue weighted by Crippen LogP contribution is 2.36. The number of carbonyl (C=O) groups excluding carboxylic acids is 1. The third-order valence-electron chi connectivity index (χ3n) is 3.54. The van der Waals surface area contributed by atoms with Crippen molar-refractivity contribution in [2.24, 2.45) is 5.92 Å². The first-order valence-corrected chi connectivity index (χ1v) is 9.22. The third kappa shape index (κ3) is 4.26. The highest BCUT2D eigenvalue weighted by Gasteiger charge is 2.26. The molecule has 6 nitrogen and oxygen atoms in total. The maximum Gasteiger partial charge on any atom is 0.265 e. The molecule has 1 aliphatic carbocycles. The van der Waals surface area contributed by atoms with Crippen LogP contribution in [0.3, 0.4) is 0 Å². The fraction of sp³-hybridized carbons (Fsp3) is 0.400. The smallest absolute Gasteiger partial charge is 0.265 e. The van der Waals surface area contributed by atoms with Crippen molar-refractivity contribution >= 4 is 31.9 Å². The number of allylic oxidation sites excluding steroid dienone is 1. The van der Waals surface area contributed by atoms with Gasteiger partial charge >= 0.3 is 0 Å². The van der Waals surface area contributed by atoms with E-state index < -0.39 is 15.9 Å². The Morgan fingerprint density at radius 3 is 2.35 bits per heavy atom. The van der Waals surface area contributed by atoms with Gasteiger partial charge < -0.3 is 9.47 Å². The van der Waals surface area contributed by atoms with Gasteiger partial charge in [0, 0.05) is 16.6 Å². The van der Waals surface area contributed by atoms with Crippen LogP contribution in [0.2, 0.25) is 0 Å². The Labute approximate surface area is 144 Å². The summed E-state index contributed by atoms with van der Waals surface area (Å²) < 4.78 is 37.4. The number of nitrogens with one attached hydrogen (secondary N) is 1. The van der Waals surface area contributed by atoms with Crippen LogP contribution in [0.4, 0.5) is 0 Å². The van der Waals surface area contributed by atoms with Crippen molar-refractivity contribution in [2.75, 3.05) is 14.2 Å². The zero-order valence-electron chi connectivity index (χ0n) is 13.1. The van der Waals surface area contributed by atoms with Crippen molar-refractivity contribution in [3.8, 4) is 11.5 Å². The molecule has 1 N–H and O–H groups in total. The lowest BCUT2D eigenvalue weighted by Crippen LogP contribution is -2.29. The number of benzene rings is 1. The molecule has 0 aromatic heterocycles. The Morgan fingerprint density at radius 1 is 1.26 bits per heavy atom. The largest absolute Gasteiger partial charge is 0.493 e. The van der Waals surface area contributed by atoms with E-state index in [0.29, 0.717) is 11.7 Å². The summed E-state index contributed by atoms with van der Waals surface area (Å²) in [7, 11) is -1.17. The molecule has 1 fully saturated rings. The molecule has 1 aromatic rings. The predicted molar refractivity (Wildman–Crippen MR) is 89.1 cm³/mol. The van der Waals surface area contributed by atoms with Crippen LogP contribution in [0.1, 0.15) is 19.8 Å². The molecule has 0 saturated heterocycles. The van der Waals surface area contributed by atoms with Crippen LogP contribution in [-0.2, 0) is 14.8 Å². The highest BCUT2D eigenvalue weighted by molar-refractivity contribution is 9.10. The molecule has 0 bridgehead atoms. The number of ether oxygens (including phenoxy) is 2. The predicted octanol–water partition coefficient (Wildman–Crippen LogP) is 2.63. The minimum atomic E-state index is -4.03. The summed E-state index contributed by atoms with van der Waals surface area (Å²) in [5.41, 5.74) is 0.893. The lowest BCUT2D eigenvalue weighted by molar-refractivity contribution is -0.114. The van der Waals surface area contributed by atoms with Crippen LogP contribution in [0.25, 0.3) is 0 Å². The topological polar surface area (TPSA) is 81.7 Å². The first-order chi connectivity index (χ1) is 10.8. The van der Waals surface area contributed by atoms with Gasteiger partial charge in [0.1, 0.15) is 4.90 Å². The SMILES string of the molecule is COc1cc(Br)c(S(=O)(=O)NC(=O)C=C(C)C2CC2)cc1OC. The molecule has 1 aromatic carbocycles. The quantitative estimate of drug-likeness (QED) is 0.738. The standard InChI is InChI=1S/C15H18BrNO5S/c1-9(10-4-5-10)6-15(18)17-23(19,20)14-8-13(22-3)12(21-2)7-11(14)16/h6-8,10H,4-5H2,1-3H3,(H,17,18). The zero-order valence-corrected chi connectivity index (χ0v) is 15.5. The first-order valence-electron chi connectivity index (χ1n) is 6.95. The molecule has 0 radical (unpaired) electrons. The Balaban J connectivity index is 2.28. The first kappa shape index (κ1) is 17.8. The summed E-state index contributed by atoms with van der Waals surface area (Å²) in [6.07, 6.45) is 3.43. The molecule has 0 aliphatic heterocycles. The second-order valence-corrected chi connectivity index (χ2v) is 7.78. The average Bonchev–Trinajstić information content (AvgIpc) is 3.30. The van der Waals surface area contributed by atoms with Crippen LogP contribution < -0.4 is 14.2 Å². The van der Waals surface area contributed by atoms with Gasteiger partial charge in [0.05, 0.1) is 14.2 Å². The number of hydrogen-bond donors (Lipinski definition) is 1. The van der Waals surface area contributed by atoms with E-state index in [9.17, 15) is 13.2 Å². The molecule has 23 heavy (non-hydrogen) atoms. The van der Waals surface area contributed by atoms with E-state index in [0.717, 1.165) is 18.4 Å². The van der Waals surface area contributed by atoms with Crippen LogP contribution in [0, 0.1) is 5.92 Å². The lowest BCUT2D eigenvalue weighted by atomic mass is 10.2. The molecule has 0 heterocycles. The van der Waals surface area contributed by atoms with E-state index in [2.05, 4.69) is 15.9 Å². The molecule has 0 unspecified atom stereocenters. The average molecular weight is 404 g/mol. The van der Waals surface area contributed by atoms with E-state index in [4.69, 9.17) is 9.47 Å². The van der Waals surface area contributed by atoms with Gasteiger partial charge in [-0.2, -0.15) is 0 Å². The summed E-state index contributed by atoms with van der Waals surface area (Å²) in [6.45, 7) is 1.83. The van der Waals surface area contributed by atoms with Gasteiger partial charge in [-0.15, -0.1) is 0 Å². The van der Waals surface area contributed by atoms with Gasteiger partial charge in [-0.05, 0) is 47.7 Å². The molecule has 1 saturated carbocycles. The van der Waals surface area contributed by atoms with Gasteiger partial charge in [0.25, 0.3) is 15.9 Å². The van der Waals surface area contributed by atoms with E-state index in [1.54, 1.807) is 0 Å². The van der Waals surface area contributed by atoms with E-state index in [1.165, 1.54) is 32.4 Å². The Hall–Kier alpha value is -1.54. The molecule has 0 spiro atoms. The summed E-state index contributed by atoms with van der Waals surface area (Å²) in [4.78, 5) is 11.8. The van der Waals surface area contributed by atoms with Gasteiger partial charge in [-0.3, -0.25) is 4.79 Å². The maximum atomic E-state index is 12.4. The summed E-state index contributed by atoms with van der Waals surface area (Å²) in [5, 5.41) is 0. The van der Waals surface area contributed by atoms with Crippen LogP contribution in [-0.4, -0.2) is 28.5 Å². The number of methoxy groups -OCH3 is 2. The third-order valence-corrected chi connectivity index (χ3v) is 5.85. The van der Waals surface area contributed by atoms with Crippen LogP contribution in [0.5, 0.6) is 11.5 Å². The summed E-state index contributed by atoms with van der Waals surface area (Å²) in [6, 6.07) is 2.78. The maximum absolute atomic E-state index is 12.4. The van der Waals surface area contributed by atoms with Crippen molar-refractivity contribution in [3.63, 3.8) is 0 Å². The van der Waals surface area contributed by atoms with Crippen molar-refractivity contribution in [2.45, 2.75) is 24.7 Å². The lowest BCUT2D eigenvalue weighted by Gasteiger charge is -2.12. The molecule has 8 heteroatoms. The van der Waals surface area contributed by atoms with Crippen molar-refractivity contribution < 1.29 is 22.7 Å². The minimum absolute atomic E-state index is 0.0963. The fourth-order valence-electron chi connectivity index (χ4n) is 2.12. The van der Waals surface area contributed by atoms with Crippen LogP contribution >= 0.6 is 15.9 Å². The normalized spacial score (nSPS) is 15.2. The molecule has 1 aliphatic rings. The number of sulfonamides is 1. The number of amides is 1. The van der Waals surface area contributed by atoms with Crippen molar-refractivity contribution in [1.29, 1.82) is 0 Å². The second-order valence-electron chi connectivity index (χ2n) is 5.27. The number of rotatable bonds is 6. The molecular formula is C15H18BrNO5S. The second kappa shape index (κ2) is 6.92. The van der Waals surface area contributed by atoms with Crippen molar-refractivity contribution in [1.82, 2.24) is 4.72 Å². The Kier molecular flexibility index (Phi) is 5.36. The Bertz CT molecular complexity index is 753. The fourth-order valence-corrected chi connectivity index (χ4v) is 4.09. The molecular weight excluding hydrogens is 386 g/mol.